The highest BCUT2D eigenvalue weighted by atomic mass is 32.2. The van der Waals surface area contributed by atoms with E-state index in [2.05, 4.69) is 60.2 Å². The highest BCUT2D eigenvalue weighted by Crippen LogP contribution is 2.40. The Bertz CT molecular complexity index is 1140. The standard InChI is InChI=1S/C21H16S4.C2H6/c1-13-6-7-16-17(12-13)19(21-24-10-11-25-21)15-5-3-2-4-14(15)18(16)20-22-8-9-23-20;1-2/h2-7,10-12H,8-9H2,1H3;1-2H3. The molecule has 0 unspecified atom stereocenters. The van der Waals surface area contributed by atoms with E-state index in [0.29, 0.717) is 0 Å². The monoisotopic (exact) mass is 426 g/mol. The van der Waals surface area contributed by atoms with Crippen molar-refractivity contribution in [2.75, 3.05) is 11.5 Å². The molecule has 0 N–H and O–H groups in total. The van der Waals surface area contributed by atoms with E-state index in [-0.39, 0.29) is 0 Å². The van der Waals surface area contributed by atoms with Gasteiger partial charge in [-0.2, -0.15) is 0 Å². The number of benzene rings is 3. The van der Waals surface area contributed by atoms with E-state index in [1.165, 1.54) is 57.5 Å². The Morgan fingerprint density at radius 3 is 1.85 bits per heavy atom. The van der Waals surface area contributed by atoms with E-state index < -0.39 is 0 Å². The minimum atomic E-state index is 1.22. The summed E-state index contributed by atoms with van der Waals surface area (Å²) in [4.78, 5) is 0. The summed E-state index contributed by atoms with van der Waals surface area (Å²) in [6, 6.07) is 15.9. The minimum Gasteiger partial charge on any atom is -0.118 e. The largest absolute Gasteiger partial charge is 0.118 e. The van der Waals surface area contributed by atoms with E-state index in [1.807, 2.05) is 60.9 Å². The number of aryl methyl sites for hydroxylation is 1. The zero-order valence-electron chi connectivity index (χ0n) is 15.7. The number of rotatable bonds is 0. The predicted molar refractivity (Wildman–Crippen MR) is 133 cm³/mol. The molecule has 2 heterocycles. The Labute approximate surface area is 177 Å². The topological polar surface area (TPSA) is 0 Å². The maximum atomic E-state index is 2.37. The molecule has 0 saturated carbocycles. The molecule has 0 amide bonds. The number of hydrogen-bond donors (Lipinski definition) is 0. The lowest BCUT2D eigenvalue weighted by Crippen LogP contribution is -2.16. The molecule has 0 radical (unpaired) electrons. The molecule has 1 fully saturated rings. The SMILES string of the molecule is CC.Cc1ccc2c(=C3SCCS3)c3ccccc3c(=C3SC=CS3)c2c1. The molecule has 0 nitrogen and oxygen atoms in total. The maximum Gasteiger partial charge on any atom is 0.0571 e. The molecule has 0 spiro atoms. The Hall–Kier alpha value is -0.940. The lowest BCUT2D eigenvalue weighted by atomic mass is 9.97. The average molecular weight is 427 g/mol. The van der Waals surface area contributed by atoms with Gasteiger partial charge in [0.05, 0.1) is 4.24 Å². The van der Waals surface area contributed by atoms with E-state index in [0.717, 1.165) is 0 Å². The second-order valence-electron chi connectivity index (χ2n) is 6.12. The third kappa shape index (κ3) is 3.57. The normalized spacial score (nSPS) is 16.3. The summed E-state index contributed by atoms with van der Waals surface area (Å²) in [6.07, 6.45) is 0. The number of thioether (sulfide) groups is 4. The van der Waals surface area contributed by atoms with Crippen molar-refractivity contribution in [1.29, 1.82) is 0 Å². The molecule has 0 aliphatic carbocycles. The van der Waals surface area contributed by atoms with Crippen LogP contribution in [0.2, 0.25) is 0 Å². The molecule has 2 aliphatic heterocycles. The van der Waals surface area contributed by atoms with Crippen molar-refractivity contribution in [2.45, 2.75) is 20.8 Å². The molecule has 0 aromatic heterocycles. The van der Waals surface area contributed by atoms with Gasteiger partial charge in [0.1, 0.15) is 0 Å². The van der Waals surface area contributed by atoms with Gasteiger partial charge in [0, 0.05) is 26.2 Å². The first kappa shape index (κ1) is 19.4. The minimum absolute atomic E-state index is 1.22. The van der Waals surface area contributed by atoms with Gasteiger partial charge in [-0.25, -0.2) is 0 Å². The van der Waals surface area contributed by atoms with Crippen LogP contribution in [0.15, 0.2) is 53.3 Å². The summed E-state index contributed by atoms with van der Waals surface area (Å²) in [6.45, 7) is 6.20. The Morgan fingerprint density at radius 1 is 0.667 bits per heavy atom. The highest BCUT2D eigenvalue weighted by molar-refractivity contribution is 8.34. The van der Waals surface area contributed by atoms with Crippen LogP contribution >= 0.6 is 47.0 Å². The molecular weight excluding hydrogens is 405 g/mol. The van der Waals surface area contributed by atoms with Gasteiger partial charge in [0.25, 0.3) is 0 Å². The van der Waals surface area contributed by atoms with E-state index in [1.54, 1.807) is 0 Å². The van der Waals surface area contributed by atoms with Crippen LogP contribution in [0.1, 0.15) is 19.4 Å². The first-order chi connectivity index (χ1) is 13.3. The Kier molecular flexibility index (Phi) is 6.18. The van der Waals surface area contributed by atoms with Crippen molar-refractivity contribution in [1.82, 2.24) is 0 Å². The van der Waals surface area contributed by atoms with Crippen LogP contribution in [0.5, 0.6) is 0 Å². The molecule has 138 valence electrons. The van der Waals surface area contributed by atoms with Gasteiger partial charge in [-0.05, 0) is 39.3 Å². The molecule has 2 aliphatic rings. The first-order valence-corrected chi connectivity index (χ1v) is 13.0. The van der Waals surface area contributed by atoms with Crippen LogP contribution in [0, 0.1) is 6.92 Å². The fraction of sp³-hybridized carbons (Fsp3) is 0.217. The highest BCUT2D eigenvalue weighted by Gasteiger charge is 2.16. The molecule has 27 heavy (non-hydrogen) atoms. The molecule has 3 aromatic carbocycles. The van der Waals surface area contributed by atoms with Crippen molar-refractivity contribution in [3.63, 3.8) is 0 Å². The number of fused-ring (bicyclic) bond motifs is 2. The van der Waals surface area contributed by atoms with Crippen molar-refractivity contribution in [3.05, 3.63) is 69.3 Å². The summed E-state index contributed by atoms with van der Waals surface area (Å²) in [5, 5.41) is 12.8. The molecule has 5 rings (SSSR count). The van der Waals surface area contributed by atoms with E-state index >= 15 is 0 Å². The quantitative estimate of drug-likeness (QED) is 0.359. The molecular formula is C23H22S4. The van der Waals surface area contributed by atoms with Crippen molar-refractivity contribution >= 4 is 77.1 Å². The molecule has 4 heteroatoms. The fourth-order valence-electron chi connectivity index (χ4n) is 3.51. The Balaban J connectivity index is 0.000000872. The van der Waals surface area contributed by atoms with Gasteiger partial charge in [-0.3, -0.25) is 0 Å². The van der Waals surface area contributed by atoms with Crippen LogP contribution in [0.4, 0.5) is 0 Å². The van der Waals surface area contributed by atoms with Crippen LogP contribution < -0.4 is 10.4 Å². The van der Waals surface area contributed by atoms with Crippen LogP contribution in [-0.4, -0.2) is 11.5 Å². The summed E-state index contributed by atoms with van der Waals surface area (Å²) in [5.74, 6) is 2.44. The van der Waals surface area contributed by atoms with E-state index in [4.69, 9.17) is 0 Å². The molecule has 3 aromatic rings. The van der Waals surface area contributed by atoms with Crippen molar-refractivity contribution in [2.24, 2.45) is 0 Å². The Morgan fingerprint density at radius 2 is 1.22 bits per heavy atom. The lowest BCUT2D eigenvalue weighted by molar-refractivity contribution is 1.50. The zero-order valence-corrected chi connectivity index (χ0v) is 19.0. The summed E-state index contributed by atoms with van der Waals surface area (Å²) in [5.41, 5.74) is 1.33. The third-order valence-electron chi connectivity index (χ3n) is 4.54. The van der Waals surface area contributed by atoms with Gasteiger partial charge in [0.2, 0.25) is 0 Å². The number of hydrogen-bond acceptors (Lipinski definition) is 4. The van der Waals surface area contributed by atoms with Crippen LogP contribution in [0.3, 0.4) is 0 Å². The van der Waals surface area contributed by atoms with Crippen LogP contribution in [0.25, 0.3) is 30.0 Å². The van der Waals surface area contributed by atoms with Crippen LogP contribution in [-0.2, 0) is 0 Å². The third-order valence-corrected chi connectivity index (χ3v) is 9.39. The smallest absolute Gasteiger partial charge is 0.0571 e. The molecule has 1 saturated heterocycles. The summed E-state index contributed by atoms with van der Waals surface area (Å²) in [7, 11) is 0. The van der Waals surface area contributed by atoms with Gasteiger partial charge >= 0.3 is 0 Å². The van der Waals surface area contributed by atoms with Gasteiger partial charge < -0.3 is 0 Å². The second-order valence-corrected chi connectivity index (χ2v) is 10.7. The lowest BCUT2D eigenvalue weighted by Gasteiger charge is -2.11. The fourth-order valence-corrected chi connectivity index (χ4v) is 8.03. The second kappa shape index (κ2) is 8.60. The predicted octanol–water partition coefficient (Wildman–Crippen LogP) is 6.89. The maximum absolute atomic E-state index is 2.37. The molecule has 0 bridgehead atoms. The molecule has 0 atom stereocenters. The van der Waals surface area contributed by atoms with Gasteiger partial charge in [-0.15, -0.1) is 23.5 Å². The summed E-state index contributed by atoms with van der Waals surface area (Å²) < 4.78 is 2.89. The first-order valence-electron chi connectivity index (χ1n) is 9.26. The average Bonchev–Trinajstić information content (AvgIpc) is 3.42. The zero-order chi connectivity index (χ0) is 18.8. The van der Waals surface area contributed by atoms with Crippen molar-refractivity contribution in [3.8, 4) is 0 Å². The van der Waals surface area contributed by atoms with Gasteiger partial charge in [-0.1, -0.05) is 85.4 Å². The summed E-state index contributed by atoms with van der Waals surface area (Å²) >= 11 is 7.74. The van der Waals surface area contributed by atoms with Gasteiger partial charge in [0.15, 0.2) is 0 Å². The van der Waals surface area contributed by atoms with E-state index in [9.17, 15) is 0 Å². The van der Waals surface area contributed by atoms with Crippen molar-refractivity contribution < 1.29 is 0 Å².